The van der Waals surface area contributed by atoms with Gasteiger partial charge in [0.2, 0.25) is 11.8 Å². The van der Waals surface area contributed by atoms with Crippen molar-refractivity contribution in [2.45, 2.75) is 42.1 Å². The van der Waals surface area contributed by atoms with Gasteiger partial charge in [-0.25, -0.2) is 4.79 Å². The lowest BCUT2D eigenvalue weighted by atomic mass is 9.95. The molecule has 0 aromatic heterocycles. The average molecular weight is 402 g/mol. The van der Waals surface area contributed by atoms with Crippen molar-refractivity contribution in [2.24, 2.45) is 5.73 Å². The van der Waals surface area contributed by atoms with Crippen molar-refractivity contribution >= 4 is 42.0 Å². The van der Waals surface area contributed by atoms with E-state index in [0.717, 1.165) is 0 Å². The molecule has 2 heterocycles. The molecule has 0 spiro atoms. The molecule has 0 unspecified atom stereocenters. The number of carboxylic acids is 1. The number of benzene rings is 1. The average Bonchev–Trinajstić information content (AvgIpc) is 2.80. The highest BCUT2D eigenvalue weighted by molar-refractivity contribution is 8.01. The van der Waals surface area contributed by atoms with Gasteiger partial charge in [-0.1, -0.05) is 12.1 Å². The number of nitrogens with one attached hydrogen (secondary N) is 1. The Labute approximate surface area is 160 Å². The van der Waals surface area contributed by atoms with Crippen molar-refractivity contribution in [1.29, 1.82) is 0 Å². The van der Waals surface area contributed by atoms with Crippen molar-refractivity contribution in [3.8, 4) is 5.75 Å². The van der Waals surface area contributed by atoms with Crippen LogP contribution in [0.15, 0.2) is 24.3 Å². The number of amides is 2. The Balaban J connectivity index is 0.00000243. The number of halogens is 1. The number of nitrogens with two attached hydrogens (primary N) is 1. The number of β-lactam (4-membered cyclic amide) rings is 1. The van der Waals surface area contributed by atoms with Crippen molar-refractivity contribution in [2.75, 3.05) is 0 Å². The van der Waals surface area contributed by atoms with Gasteiger partial charge in [-0.3, -0.25) is 9.59 Å². The summed E-state index contributed by atoms with van der Waals surface area (Å²) in [7, 11) is 0. The normalized spacial score (nSPS) is 27.0. The van der Waals surface area contributed by atoms with Gasteiger partial charge < -0.3 is 26.2 Å². The SMILES string of the molecule is CC1(C)S[C@@H]2[C@@H](NC(=O)[C@H](N)c3ccc(O)cc3)C(=O)N2[C@H]1C(=O)O.Cl. The maximum absolute atomic E-state index is 12.3. The molecule has 2 amide bonds. The first-order valence-electron chi connectivity index (χ1n) is 7.71. The number of hydrogen-bond acceptors (Lipinski definition) is 6. The highest BCUT2D eigenvalue weighted by atomic mass is 35.5. The van der Waals surface area contributed by atoms with E-state index in [4.69, 9.17) is 5.73 Å². The van der Waals surface area contributed by atoms with Crippen molar-refractivity contribution < 1.29 is 24.6 Å². The zero-order chi connectivity index (χ0) is 18.5. The fraction of sp³-hybridized carbons (Fsp3) is 0.438. The Morgan fingerprint density at radius 1 is 1.31 bits per heavy atom. The molecule has 2 aliphatic heterocycles. The number of aliphatic carboxylic acids is 1. The van der Waals surface area contributed by atoms with Crippen LogP contribution in [0.25, 0.3) is 0 Å². The van der Waals surface area contributed by atoms with Crippen LogP contribution < -0.4 is 11.1 Å². The van der Waals surface area contributed by atoms with E-state index in [1.54, 1.807) is 13.8 Å². The Morgan fingerprint density at radius 2 is 1.88 bits per heavy atom. The first-order valence-corrected chi connectivity index (χ1v) is 8.59. The number of thioether (sulfide) groups is 1. The van der Waals surface area contributed by atoms with Gasteiger partial charge in [0.25, 0.3) is 0 Å². The van der Waals surface area contributed by atoms with Crippen LogP contribution >= 0.6 is 24.2 Å². The van der Waals surface area contributed by atoms with E-state index in [1.165, 1.54) is 40.9 Å². The van der Waals surface area contributed by atoms with Gasteiger partial charge in [0.1, 0.15) is 29.2 Å². The molecule has 2 fully saturated rings. The summed E-state index contributed by atoms with van der Waals surface area (Å²) in [5.41, 5.74) is 6.41. The molecular weight excluding hydrogens is 382 g/mol. The van der Waals surface area contributed by atoms with Crippen LogP contribution in [0.5, 0.6) is 5.75 Å². The lowest BCUT2D eigenvalue weighted by Gasteiger charge is -2.43. The lowest BCUT2D eigenvalue weighted by molar-refractivity contribution is -0.161. The third-order valence-corrected chi connectivity index (χ3v) is 6.08. The Morgan fingerprint density at radius 3 is 2.42 bits per heavy atom. The molecule has 26 heavy (non-hydrogen) atoms. The number of rotatable bonds is 4. The van der Waals surface area contributed by atoms with E-state index in [1.807, 2.05) is 0 Å². The quantitative estimate of drug-likeness (QED) is 0.538. The number of nitrogens with zero attached hydrogens (tertiary/aromatic N) is 1. The second-order valence-electron chi connectivity index (χ2n) is 6.65. The van der Waals surface area contributed by atoms with Crippen molar-refractivity contribution in [3.05, 3.63) is 29.8 Å². The van der Waals surface area contributed by atoms with Gasteiger partial charge >= 0.3 is 5.97 Å². The summed E-state index contributed by atoms with van der Waals surface area (Å²) in [6.07, 6.45) is 0. The molecule has 8 nitrogen and oxygen atoms in total. The van der Waals surface area contributed by atoms with Crippen molar-refractivity contribution in [3.63, 3.8) is 0 Å². The van der Waals surface area contributed by atoms with E-state index >= 15 is 0 Å². The minimum absolute atomic E-state index is 0. The molecule has 5 N–H and O–H groups in total. The van der Waals surface area contributed by atoms with Gasteiger partial charge in [-0.2, -0.15) is 0 Å². The van der Waals surface area contributed by atoms with E-state index in [2.05, 4.69) is 5.32 Å². The van der Waals surface area contributed by atoms with E-state index in [0.29, 0.717) is 5.56 Å². The molecule has 0 aliphatic carbocycles. The molecule has 0 bridgehead atoms. The molecule has 10 heteroatoms. The summed E-state index contributed by atoms with van der Waals surface area (Å²) >= 11 is 1.35. The fourth-order valence-electron chi connectivity index (χ4n) is 3.22. The fourth-order valence-corrected chi connectivity index (χ4v) is 4.85. The highest BCUT2D eigenvalue weighted by Gasteiger charge is 2.64. The maximum atomic E-state index is 12.3. The summed E-state index contributed by atoms with van der Waals surface area (Å²) < 4.78 is -0.648. The second-order valence-corrected chi connectivity index (χ2v) is 8.42. The number of fused-ring (bicyclic) bond motifs is 1. The summed E-state index contributed by atoms with van der Waals surface area (Å²) in [6, 6.07) is 3.21. The third kappa shape index (κ3) is 3.22. The van der Waals surface area contributed by atoms with Crippen LogP contribution in [0, 0.1) is 0 Å². The smallest absolute Gasteiger partial charge is 0.327 e. The molecule has 142 valence electrons. The summed E-state index contributed by atoms with van der Waals surface area (Å²) in [5.74, 6) is -1.94. The molecule has 3 rings (SSSR count). The molecule has 1 aromatic rings. The number of carbonyl (C=O) groups excluding carboxylic acids is 2. The van der Waals surface area contributed by atoms with Crippen LogP contribution in [-0.4, -0.2) is 55.1 Å². The number of hydrogen-bond donors (Lipinski definition) is 4. The van der Waals surface area contributed by atoms with E-state index < -0.39 is 46.0 Å². The topological polar surface area (TPSA) is 133 Å². The predicted octanol–water partition coefficient (Wildman–Crippen LogP) is 0.446. The number of phenols is 1. The van der Waals surface area contributed by atoms with Crippen LogP contribution in [-0.2, 0) is 14.4 Å². The molecular formula is C16H20ClN3O5S. The van der Waals surface area contributed by atoms with Gasteiger partial charge in [-0.15, -0.1) is 24.2 Å². The number of aromatic hydroxyl groups is 1. The molecule has 4 atom stereocenters. The lowest BCUT2D eigenvalue weighted by Crippen LogP contribution is -2.71. The summed E-state index contributed by atoms with van der Waals surface area (Å²) in [5, 5.41) is 20.9. The van der Waals surface area contributed by atoms with Gasteiger partial charge in [0.05, 0.1) is 0 Å². The zero-order valence-electron chi connectivity index (χ0n) is 14.1. The van der Waals surface area contributed by atoms with Crippen LogP contribution in [0.3, 0.4) is 0 Å². The molecule has 2 aliphatic rings. The highest BCUT2D eigenvalue weighted by Crippen LogP contribution is 2.50. The molecule has 1 aromatic carbocycles. The van der Waals surface area contributed by atoms with Crippen LogP contribution in [0.4, 0.5) is 0 Å². The number of carbonyl (C=O) groups is 3. The van der Waals surface area contributed by atoms with E-state index in [9.17, 15) is 24.6 Å². The Bertz CT molecular complexity index is 742. The largest absolute Gasteiger partial charge is 0.508 e. The molecule has 0 saturated carbocycles. The standard InChI is InChI=1S/C16H19N3O5S.ClH/c1-16(2)11(15(23)24)19-13(22)10(14(19)25-16)18-12(21)9(17)7-3-5-8(20)6-4-7;/h3-6,9-11,14,20H,17H2,1-2H3,(H,18,21)(H,23,24);1H/t9-,10+,11+,14-;/m1./s1. The van der Waals surface area contributed by atoms with Crippen LogP contribution in [0.1, 0.15) is 25.5 Å². The zero-order valence-corrected chi connectivity index (χ0v) is 15.7. The maximum Gasteiger partial charge on any atom is 0.327 e. The Kier molecular flexibility index (Phi) is 5.46. The van der Waals surface area contributed by atoms with Crippen LogP contribution in [0.2, 0.25) is 0 Å². The van der Waals surface area contributed by atoms with Gasteiger partial charge in [0.15, 0.2) is 0 Å². The van der Waals surface area contributed by atoms with Crippen molar-refractivity contribution in [1.82, 2.24) is 10.2 Å². The predicted molar refractivity (Wildman–Crippen MR) is 97.9 cm³/mol. The first-order chi connectivity index (χ1) is 11.6. The Hall–Kier alpha value is -1.97. The third-order valence-electron chi connectivity index (χ3n) is 4.51. The minimum Gasteiger partial charge on any atom is -0.508 e. The molecule has 2 saturated heterocycles. The van der Waals surface area contributed by atoms with Gasteiger partial charge in [-0.05, 0) is 31.5 Å². The number of carboxylic acid groups (broad SMARTS) is 1. The summed E-state index contributed by atoms with van der Waals surface area (Å²) in [6.45, 7) is 3.53. The second kappa shape index (κ2) is 6.98. The monoisotopic (exact) mass is 401 g/mol. The first kappa shape index (κ1) is 20.3. The number of phenolic OH excluding ortho intramolecular Hbond substituents is 1. The van der Waals surface area contributed by atoms with Gasteiger partial charge in [0, 0.05) is 4.75 Å². The van der Waals surface area contributed by atoms with E-state index in [-0.39, 0.29) is 18.2 Å². The molecule has 0 radical (unpaired) electrons. The minimum atomic E-state index is -1.06. The summed E-state index contributed by atoms with van der Waals surface area (Å²) in [4.78, 5) is 37.5.